The van der Waals surface area contributed by atoms with Crippen LogP contribution in [0.25, 0.3) is 0 Å². The largest absolute Gasteiger partial charge is 0.355 e. The number of piperidine rings is 1. The molecule has 138 valence electrons. The van der Waals surface area contributed by atoms with Crippen molar-refractivity contribution >= 4 is 17.6 Å². The summed E-state index contributed by atoms with van der Waals surface area (Å²) in [6, 6.07) is 5.79. The number of likely N-dealkylation sites (tertiary alicyclic amines) is 1. The molecule has 1 aliphatic heterocycles. The first-order valence-corrected chi connectivity index (χ1v) is 8.75. The highest BCUT2D eigenvalue weighted by Crippen LogP contribution is 2.21. The molecule has 1 aromatic rings. The monoisotopic (exact) mass is 349 g/mol. The molecule has 0 aliphatic carbocycles. The second kappa shape index (κ2) is 7.85. The number of benzene rings is 1. The number of anilines is 1. The van der Waals surface area contributed by atoms with E-state index in [2.05, 4.69) is 5.32 Å². The van der Waals surface area contributed by atoms with Gasteiger partial charge in [-0.3, -0.25) is 9.69 Å². The maximum atomic E-state index is 13.0. The Morgan fingerprint density at radius 3 is 2.52 bits per heavy atom. The van der Waals surface area contributed by atoms with Gasteiger partial charge in [-0.2, -0.15) is 0 Å². The Kier molecular flexibility index (Phi) is 6.03. The molecule has 5 nitrogen and oxygen atoms in total. The van der Waals surface area contributed by atoms with E-state index in [0.29, 0.717) is 25.3 Å². The Labute approximate surface area is 149 Å². The summed E-state index contributed by atoms with van der Waals surface area (Å²) in [7, 11) is 1.70. The highest BCUT2D eigenvalue weighted by molar-refractivity contribution is 5.91. The Bertz CT molecular complexity index is 610. The van der Waals surface area contributed by atoms with Crippen LogP contribution < -0.4 is 10.2 Å². The highest BCUT2D eigenvalue weighted by atomic mass is 19.1. The summed E-state index contributed by atoms with van der Waals surface area (Å²) in [5.74, 6) is -0.0396. The summed E-state index contributed by atoms with van der Waals surface area (Å²) in [6.07, 6.45) is 1.91. The molecule has 25 heavy (non-hydrogen) atoms. The zero-order valence-corrected chi connectivity index (χ0v) is 15.5. The molecule has 3 amide bonds. The number of urea groups is 1. The zero-order chi connectivity index (χ0) is 18.6. The first-order valence-electron chi connectivity index (χ1n) is 8.75. The van der Waals surface area contributed by atoms with Gasteiger partial charge in [-0.1, -0.05) is 20.8 Å². The third-order valence-corrected chi connectivity index (χ3v) is 4.52. The number of carbonyl (C=O) groups excluding carboxylic acids is 2. The topological polar surface area (TPSA) is 52.7 Å². The van der Waals surface area contributed by atoms with Gasteiger partial charge in [0, 0.05) is 37.8 Å². The van der Waals surface area contributed by atoms with Gasteiger partial charge >= 0.3 is 6.03 Å². The Morgan fingerprint density at radius 1 is 1.28 bits per heavy atom. The first-order chi connectivity index (χ1) is 11.7. The third kappa shape index (κ3) is 5.18. The van der Waals surface area contributed by atoms with Crippen LogP contribution in [0, 0.1) is 17.2 Å². The van der Waals surface area contributed by atoms with Gasteiger partial charge in [0.05, 0.1) is 0 Å². The molecule has 0 unspecified atom stereocenters. The molecule has 1 aromatic carbocycles. The molecule has 0 saturated carbocycles. The van der Waals surface area contributed by atoms with Gasteiger partial charge in [-0.05, 0) is 43.0 Å². The van der Waals surface area contributed by atoms with Crippen LogP contribution in [-0.2, 0) is 4.79 Å². The molecular weight excluding hydrogens is 321 g/mol. The highest BCUT2D eigenvalue weighted by Gasteiger charge is 2.28. The molecule has 6 heteroatoms. The second-order valence-corrected chi connectivity index (χ2v) is 7.73. The lowest BCUT2D eigenvalue weighted by molar-refractivity contribution is -0.128. The average molecular weight is 349 g/mol. The summed E-state index contributed by atoms with van der Waals surface area (Å²) in [5.41, 5.74) is 0.252. The van der Waals surface area contributed by atoms with Crippen molar-refractivity contribution in [2.24, 2.45) is 11.3 Å². The van der Waals surface area contributed by atoms with E-state index in [-0.39, 0.29) is 23.7 Å². The molecule has 0 radical (unpaired) electrons. The van der Waals surface area contributed by atoms with E-state index in [1.165, 1.54) is 17.0 Å². The van der Waals surface area contributed by atoms with E-state index in [0.717, 1.165) is 12.8 Å². The minimum Gasteiger partial charge on any atom is -0.355 e. The predicted octanol–water partition coefficient (Wildman–Crippen LogP) is 3.26. The molecule has 1 saturated heterocycles. The van der Waals surface area contributed by atoms with Gasteiger partial charge in [-0.25, -0.2) is 9.18 Å². The molecule has 0 aromatic heterocycles. The number of hydrogen-bond donors (Lipinski definition) is 1. The molecule has 1 N–H and O–H groups in total. The molecule has 2 rings (SSSR count). The quantitative estimate of drug-likeness (QED) is 0.911. The standard InChI is InChI=1S/C19H28FN3O2/c1-19(2,3)17(24)21-12-14-6-5-11-23(13-14)18(25)22(4)16-9-7-15(20)8-10-16/h7-10,14H,5-6,11-13H2,1-4H3,(H,21,24)/t14-/m0/s1. The Hall–Kier alpha value is -2.11. The Balaban J connectivity index is 1.92. The minimum atomic E-state index is -0.410. The maximum Gasteiger partial charge on any atom is 0.324 e. The van der Waals surface area contributed by atoms with Crippen molar-refractivity contribution in [1.29, 1.82) is 0 Å². The van der Waals surface area contributed by atoms with Gasteiger partial charge in [0.15, 0.2) is 0 Å². The van der Waals surface area contributed by atoms with Gasteiger partial charge in [0.1, 0.15) is 5.82 Å². The maximum absolute atomic E-state index is 13.0. The predicted molar refractivity (Wildman–Crippen MR) is 97.0 cm³/mol. The SMILES string of the molecule is CN(C(=O)N1CCC[C@@H](CNC(=O)C(C)(C)C)C1)c1ccc(F)cc1. The van der Waals surface area contributed by atoms with E-state index in [9.17, 15) is 14.0 Å². The first kappa shape index (κ1) is 19.2. The molecule has 1 heterocycles. The lowest BCUT2D eigenvalue weighted by atomic mass is 9.94. The van der Waals surface area contributed by atoms with Gasteiger partial charge in [-0.15, -0.1) is 0 Å². The summed E-state index contributed by atoms with van der Waals surface area (Å²) < 4.78 is 13.0. The number of rotatable bonds is 3. The normalized spacial score (nSPS) is 18.0. The van der Waals surface area contributed by atoms with E-state index < -0.39 is 5.41 Å². The van der Waals surface area contributed by atoms with E-state index >= 15 is 0 Å². The minimum absolute atomic E-state index is 0.0272. The van der Waals surface area contributed by atoms with Crippen LogP contribution in [-0.4, -0.2) is 43.5 Å². The van der Waals surface area contributed by atoms with Gasteiger partial charge in [0.25, 0.3) is 0 Å². The molecule has 0 bridgehead atoms. The average Bonchev–Trinajstić information content (AvgIpc) is 2.58. The van der Waals surface area contributed by atoms with Crippen LogP contribution in [0.15, 0.2) is 24.3 Å². The van der Waals surface area contributed by atoms with Crippen molar-refractivity contribution in [3.05, 3.63) is 30.1 Å². The van der Waals surface area contributed by atoms with Crippen molar-refractivity contribution in [2.45, 2.75) is 33.6 Å². The molecule has 1 fully saturated rings. The van der Waals surface area contributed by atoms with Crippen molar-refractivity contribution in [3.8, 4) is 0 Å². The second-order valence-electron chi connectivity index (χ2n) is 7.73. The fourth-order valence-corrected chi connectivity index (χ4v) is 2.89. The van der Waals surface area contributed by atoms with Crippen molar-refractivity contribution < 1.29 is 14.0 Å². The lowest BCUT2D eigenvalue weighted by Gasteiger charge is -2.35. The van der Waals surface area contributed by atoms with Crippen LogP contribution >= 0.6 is 0 Å². The fraction of sp³-hybridized carbons (Fsp3) is 0.579. The van der Waals surface area contributed by atoms with E-state index in [4.69, 9.17) is 0 Å². The molecule has 1 aliphatic rings. The van der Waals surface area contributed by atoms with Gasteiger partial charge < -0.3 is 10.2 Å². The van der Waals surface area contributed by atoms with Gasteiger partial charge in [0.2, 0.25) is 5.91 Å². The smallest absolute Gasteiger partial charge is 0.324 e. The number of halogens is 1. The number of carbonyl (C=O) groups is 2. The molecule has 1 atom stereocenters. The lowest BCUT2D eigenvalue weighted by Crippen LogP contribution is -2.49. The third-order valence-electron chi connectivity index (χ3n) is 4.52. The van der Waals surface area contributed by atoms with Crippen LogP contribution in [0.1, 0.15) is 33.6 Å². The summed E-state index contributed by atoms with van der Waals surface area (Å²) >= 11 is 0. The summed E-state index contributed by atoms with van der Waals surface area (Å²) in [5, 5.41) is 2.99. The van der Waals surface area contributed by atoms with Crippen LogP contribution in [0.3, 0.4) is 0 Å². The fourth-order valence-electron chi connectivity index (χ4n) is 2.89. The number of nitrogens with one attached hydrogen (secondary N) is 1. The number of amides is 3. The molecule has 0 spiro atoms. The summed E-state index contributed by atoms with van der Waals surface area (Å²) in [6.45, 7) is 7.56. The van der Waals surface area contributed by atoms with Crippen LogP contribution in [0.5, 0.6) is 0 Å². The van der Waals surface area contributed by atoms with Crippen molar-refractivity contribution in [3.63, 3.8) is 0 Å². The number of hydrogen-bond acceptors (Lipinski definition) is 2. The Morgan fingerprint density at radius 2 is 1.92 bits per heavy atom. The van der Waals surface area contributed by atoms with Crippen LogP contribution in [0.2, 0.25) is 0 Å². The van der Waals surface area contributed by atoms with E-state index in [1.54, 1.807) is 24.1 Å². The van der Waals surface area contributed by atoms with Crippen molar-refractivity contribution in [2.75, 3.05) is 31.6 Å². The zero-order valence-electron chi connectivity index (χ0n) is 15.5. The van der Waals surface area contributed by atoms with E-state index in [1.807, 2.05) is 20.8 Å². The van der Waals surface area contributed by atoms with Crippen LogP contribution in [0.4, 0.5) is 14.9 Å². The summed E-state index contributed by atoms with van der Waals surface area (Å²) in [4.78, 5) is 28.1. The molecular formula is C19H28FN3O2. The van der Waals surface area contributed by atoms with Crippen molar-refractivity contribution in [1.82, 2.24) is 10.2 Å². The number of nitrogens with zero attached hydrogens (tertiary/aromatic N) is 2.